The number of carbonyl (C=O) groups excluding carboxylic acids is 1. The topological polar surface area (TPSA) is 93.7 Å². The molecule has 0 bridgehead atoms. The Morgan fingerprint density at radius 1 is 1.28 bits per heavy atom. The van der Waals surface area contributed by atoms with Gasteiger partial charge in [0.25, 0.3) is 5.91 Å². The van der Waals surface area contributed by atoms with E-state index in [4.69, 9.17) is 9.47 Å². The van der Waals surface area contributed by atoms with Crippen LogP contribution in [-0.4, -0.2) is 45.7 Å². The number of hydrogen-bond acceptors (Lipinski definition) is 5. The van der Waals surface area contributed by atoms with Gasteiger partial charge in [-0.05, 0) is 57.9 Å². The van der Waals surface area contributed by atoms with Gasteiger partial charge in [0.15, 0.2) is 6.10 Å². The summed E-state index contributed by atoms with van der Waals surface area (Å²) >= 11 is 0. The van der Waals surface area contributed by atoms with E-state index in [1.165, 1.54) is 12.1 Å². The molecule has 0 saturated carbocycles. The maximum absolute atomic E-state index is 12.3. The second-order valence-corrected chi connectivity index (χ2v) is 8.15. The maximum Gasteiger partial charge on any atom is 0.260 e. The van der Waals surface area contributed by atoms with Gasteiger partial charge in [-0.2, -0.15) is 0 Å². The van der Waals surface area contributed by atoms with Crippen molar-refractivity contribution in [3.05, 3.63) is 24.3 Å². The van der Waals surface area contributed by atoms with Crippen LogP contribution in [0.3, 0.4) is 0 Å². The van der Waals surface area contributed by atoms with Gasteiger partial charge in [-0.25, -0.2) is 13.1 Å². The van der Waals surface area contributed by atoms with Gasteiger partial charge in [-0.1, -0.05) is 0 Å². The Morgan fingerprint density at radius 2 is 1.96 bits per heavy atom. The molecular weight excluding hydrogens is 344 g/mol. The van der Waals surface area contributed by atoms with Gasteiger partial charge in [0.05, 0.1) is 11.0 Å². The number of carbonyl (C=O) groups is 1. The number of amides is 1. The van der Waals surface area contributed by atoms with Gasteiger partial charge in [-0.15, -0.1) is 0 Å². The van der Waals surface area contributed by atoms with Crippen molar-refractivity contribution in [2.75, 3.05) is 13.2 Å². The van der Waals surface area contributed by atoms with Gasteiger partial charge in [0.1, 0.15) is 5.75 Å². The molecule has 1 saturated heterocycles. The zero-order chi connectivity index (χ0) is 18.4. The van der Waals surface area contributed by atoms with E-state index in [9.17, 15) is 13.2 Å². The van der Waals surface area contributed by atoms with E-state index in [2.05, 4.69) is 10.0 Å². The highest BCUT2D eigenvalue weighted by Gasteiger charge is 2.21. The van der Waals surface area contributed by atoms with Crippen LogP contribution in [0.1, 0.15) is 33.6 Å². The molecule has 140 valence electrons. The fourth-order valence-corrected chi connectivity index (χ4v) is 3.51. The number of rotatable bonds is 8. The highest BCUT2D eigenvalue weighted by atomic mass is 32.2. The van der Waals surface area contributed by atoms with Crippen LogP contribution in [0.25, 0.3) is 0 Å². The number of benzene rings is 1. The predicted molar refractivity (Wildman–Crippen MR) is 94.0 cm³/mol. The lowest BCUT2D eigenvalue weighted by Crippen LogP contribution is -2.40. The molecule has 0 aliphatic carbocycles. The zero-order valence-electron chi connectivity index (χ0n) is 14.8. The third kappa shape index (κ3) is 5.98. The second kappa shape index (κ2) is 8.64. The smallest absolute Gasteiger partial charge is 0.260 e. The third-order valence-corrected chi connectivity index (χ3v) is 5.21. The van der Waals surface area contributed by atoms with E-state index < -0.39 is 16.1 Å². The zero-order valence-corrected chi connectivity index (χ0v) is 15.6. The van der Waals surface area contributed by atoms with Crippen LogP contribution in [0, 0.1) is 0 Å². The average molecular weight is 370 g/mol. The Bertz CT molecular complexity index is 667. The molecule has 0 unspecified atom stereocenters. The average Bonchev–Trinajstić information content (AvgIpc) is 3.06. The third-order valence-electron chi connectivity index (χ3n) is 3.77. The van der Waals surface area contributed by atoms with E-state index >= 15 is 0 Å². The molecule has 1 fully saturated rings. The summed E-state index contributed by atoms with van der Waals surface area (Å²) in [4.78, 5) is 12.0. The molecule has 1 aromatic rings. The number of hydrogen-bond donors (Lipinski definition) is 2. The van der Waals surface area contributed by atoms with Crippen LogP contribution in [0.2, 0.25) is 0 Å². The first-order chi connectivity index (χ1) is 11.8. The minimum Gasteiger partial charge on any atom is -0.481 e. The molecule has 1 aliphatic rings. The standard InChI is InChI=1S/C17H26N2O5S/c1-12(2)19-17(20)13(3)24-14-6-8-16(9-7-14)25(21,22)18-11-15-5-4-10-23-15/h6-9,12-13,15,18H,4-5,10-11H2,1-3H3,(H,19,20)/t13-,15+/m0/s1. The van der Waals surface area contributed by atoms with Gasteiger partial charge in [-0.3, -0.25) is 4.79 Å². The molecule has 8 heteroatoms. The Balaban J connectivity index is 1.92. The highest BCUT2D eigenvalue weighted by molar-refractivity contribution is 7.89. The summed E-state index contributed by atoms with van der Waals surface area (Å²) in [5, 5.41) is 2.76. The van der Waals surface area contributed by atoms with Crippen LogP contribution < -0.4 is 14.8 Å². The lowest BCUT2D eigenvalue weighted by Gasteiger charge is -2.16. The van der Waals surface area contributed by atoms with Gasteiger partial charge >= 0.3 is 0 Å². The van der Waals surface area contributed by atoms with Crippen LogP contribution in [0.4, 0.5) is 0 Å². The summed E-state index contributed by atoms with van der Waals surface area (Å²) in [6.45, 7) is 6.33. The second-order valence-electron chi connectivity index (χ2n) is 6.38. The van der Waals surface area contributed by atoms with Crippen molar-refractivity contribution in [1.82, 2.24) is 10.0 Å². The van der Waals surface area contributed by atoms with E-state index in [-0.39, 0.29) is 29.5 Å². The summed E-state index contributed by atoms with van der Waals surface area (Å²) in [6.07, 6.45) is 1.10. The van der Waals surface area contributed by atoms with Crippen molar-refractivity contribution >= 4 is 15.9 Å². The van der Waals surface area contributed by atoms with E-state index in [0.29, 0.717) is 12.4 Å². The predicted octanol–water partition coefficient (Wildman–Crippen LogP) is 1.44. The molecule has 0 spiro atoms. The Morgan fingerprint density at radius 3 is 2.52 bits per heavy atom. The molecule has 2 N–H and O–H groups in total. The van der Waals surface area contributed by atoms with E-state index in [1.807, 2.05) is 13.8 Å². The molecule has 1 heterocycles. The first-order valence-corrected chi connectivity index (χ1v) is 9.94. The first-order valence-electron chi connectivity index (χ1n) is 8.46. The molecular formula is C17H26N2O5S. The first kappa shape index (κ1) is 19.7. The van der Waals surface area contributed by atoms with Crippen LogP contribution in [-0.2, 0) is 19.6 Å². The van der Waals surface area contributed by atoms with Crippen LogP contribution in [0.5, 0.6) is 5.75 Å². The van der Waals surface area contributed by atoms with Crippen molar-refractivity contribution in [3.63, 3.8) is 0 Å². The molecule has 25 heavy (non-hydrogen) atoms. The Kier molecular flexibility index (Phi) is 6.80. The maximum atomic E-state index is 12.3. The normalized spacial score (nSPS) is 19.0. The Labute approximate surface area is 149 Å². The van der Waals surface area contributed by atoms with Crippen LogP contribution in [0.15, 0.2) is 29.2 Å². The lowest BCUT2D eigenvalue weighted by molar-refractivity contribution is -0.127. The lowest BCUT2D eigenvalue weighted by atomic mass is 10.2. The van der Waals surface area contributed by atoms with E-state index in [1.54, 1.807) is 19.1 Å². The van der Waals surface area contributed by atoms with Crippen molar-refractivity contribution < 1.29 is 22.7 Å². The molecule has 0 aromatic heterocycles. The summed E-state index contributed by atoms with van der Waals surface area (Å²) in [7, 11) is -3.59. The molecule has 1 aromatic carbocycles. The number of nitrogens with one attached hydrogen (secondary N) is 2. The monoisotopic (exact) mass is 370 g/mol. The molecule has 0 radical (unpaired) electrons. The number of ether oxygens (including phenoxy) is 2. The summed E-state index contributed by atoms with van der Waals surface area (Å²) in [5.41, 5.74) is 0. The molecule has 1 aliphatic heterocycles. The van der Waals surface area contributed by atoms with Crippen molar-refractivity contribution in [3.8, 4) is 5.75 Å². The van der Waals surface area contributed by atoms with Crippen LogP contribution >= 0.6 is 0 Å². The fourth-order valence-electron chi connectivity index (χ4n) is 2.45. The summed E-state index contributed by atoms with van der Waals surface area (Å²) < 4.78 is 38.1. The van der Waals surface area contributed by atoms with Gasteiger partial charge in [0.2, 0.25) is 10.0 Å². The van der Waals surface area contributed by atoms with Gasteiger partial charge in [0, 0.05) is 19.2 Å². The van der Waals surface area contributed by atoms with Crippen molar-refractivity contribution in [1.29, 1.82) is 0 Å². The summed E-state index contributed by atoms with van der Waals surface area (Å²) in [5.74, 6) is 0.217. The summed E-state index contributed by atoms with van der Waals surface area (Å²) in [6, 6.07) is 6.03. The molecule has 1 amide bonds. The molecule has 2 atom stereocenters. The van der Waals surface area contributed by atoms with E-state index in [0.717, 1.165) is 12.8 Å². The molecule has 7 nitrogen and oxygen atoms in total. The van der Waals surface area contributed by atoms with Crippen molar-refractivity contribution in [2.45, 2.75) is 56.8 Å². The fraction of sp³-hybridized carbons (Fsp3) is 0.588. The van der Waals surface area contributed by atoms with Gasteiger partial charge < -0.3 is 14.8 Å². The van der Waals surface area contributed by atoms with Crippen molar-refractivity contribution in [2.24, 2.45) is 0 Å². The minimum absolute atomic E-state index is 0.0287. The highest BCUT2D eigenvalue weighted by Crippen LogP contribution is 2.18. The SMILES string of the molecule is CC(C)NC(=O)[C@H](C)Oc1ccc(S(=O)(=O)NC[C@H]2CCCO2)cc1. The largest absolute Gasteiger partial charge is 0.481 e. The minimum atomic E-state index is -3.59. The molecule has 2 rings (SSSR count). The Hall–Kier alpha value is -1.64. The quantitative estimate of drug-likeness (QED) is 0.722. The number of sulfonamides is 1.